The van der Waals surface area contributed by atoms with Gasteiger partial charge in [0.05, 0.1) is 5.69 Å². The minimum absolute atomic E-state index is 0.125. The van der Waals surface area contributed by atoms with Crippen molar-refractivity contribution < 1.29 is 14.1 Å². The molecule has 1 atom stereocenters. The van der Waals surface area contributed by atoms with E-state index < -0.39 is 0 Å². The molecule has 1 saturated heterocycles. The molecule has 29 heavy (non-hydrogen) atoms. The van der Waals surface area contributed by atoms with Gasteiger partial charge in [-0.2, -0.15) is 0 Å². The molecule has 1 aromatic carbocycles. The van der Waals surface area contributed by atoms with E-state index in [0.29, 0.717) is 18.3 Å². The van der Waals surface area contributed by atoms with Gasteiger partial charge in [-0.05, 0) is 44.4 Å². The van der Waals surface area contributed by atoms with E-state index in [1.54, 1.807) is 0 Å². The van der Waals surface area contributed by atoms with Crippen molar-refractivity contribution in [2.24, 2.45) is 0 Å². The highest BCUT2D eigenvalue weighted by molar-refractivity contribution is 5.91. The lowest BCUT2D eigenvalue weighted by Crippen LogP contribution is -2.37. The Bertz CT molecular complexity index is 771. The molecule has 2 aliphatic rings. The number of aromatic nitrogens is 1. The van der Waals surface area contributed by atoms with Crippen molar-refractivity contribution in [2.45, 2.75) is 56.9 Å². The lowest BCUT2D eigenvalue weighted by Gasteiger charge is -2.31. The fourth-order valence-electron chi connectivity index (χ4n) is 4.40. The lowest BCUT2D eigenvalue weighted by molar-refractivity contribution is 0.0890. The highest BCUT2D eigenvalue weighted by Gasteiger charge is 2.26. The number of para-hydroxylation sites is 1. The van der Waals surface area contributed by atoms with Crippen molar-refractivity contribution in [1.82, 2.24) is 15.4 Å². The fourth-order valence-corrected chi connectivity index (χ4v) is 4.40. The van der Waals surface area contributed by atoms with Gasteiger partial charge in [0.25, 0.3) is 5.91 Å². The lowest BCUT2D eigenvalue weighted by atomic mass is 9.94. The van der Waals surface area contributed by atoms with E-state index in [-0.39, 0.29) is 11.9 Å². The number of hydrogen-bond acceptors (Lipinski definition) is 5. The van der Waals surface area contributed by atoms with Crippen LogP contribution >= 0.6 is 0 Å². The van der Waals surface area contributed by atoms with Crippen LogP contribution in [0.3, 0.4) is 0 Å². The number of carbonyl (C=O) groups excluding carboxylic acids is 1. The van der Waals surface area contributed by atoms with Gasteiger partial charge in [-0.1, -0.05) is 42.6 Å². The van der Waals surface area contributed by atoms with Crippen molar-refractivity contribution >= 4 is 5.91 Å². The number of nitrogens with zero attached hydrogens (tertiary/aromatic N) is 2. The van der Waals surface area contributed by atoms with E-state index in [1.165, 1.54) is 19.3 Å². The molecular weight excluding hydrogens is 366 g/mol. The van der Waals surface area contributed by atoms with Gasteiger partial charge < -0.3 is 14.6 Å². The van der Waals surface area contributed by atoms with E-state index in [0.717, 1.165) is 56.8 Å². The second-order valence-electron chi connectivity index (χ2n) is 8.23. The number of hydrogen-bond donors (Lipinski definition) is 1. The molecule has 6 heteroatoms. The average Bonchev–Trinajstić information content (AvgIpc) is 3.26. The van der Waals surface area contributed by atoms with Crippen LogP contribution in [0.2, 0.25) is 0 Å². The molecule has 0 spiro atoms. The molecule has 0 bridgehead atoms. The van der Waals surface area contributed by atoms with Gasteiger partial charge in [0, 0.05) is 31.1 Å². The second kappa shape index (κ2) is 9.92. The van der Waals surface area contributed by atoms with E-state index >= 15 is 0 Å². The minimum Gasteiger partial charge on any atom is -0.492 e. The van der Waals surface area contributed by atoms with Gasteiger partial charge in [0.1, 0.15) is 12.4 Å². The van der Waals surface area contributed by atoms with Crippen molar-refractivity contribution in [3.05, 3.63) is 47.9 Å². The molecule has 2 fully saturated rings. The molecule has 1 aliphatic carbocycles. The van der Waals surface area contributed by atoms with Crippen LogP contribution in [0.1, 0.15) is 67.1 Å². The molecular formula is C23H31N3O3. The molecule has 0 unspecified atom stereocenters. The first kappa shape index (κ1) is 20.0. The highest BCUT2D eigenvalue weighted by atomic mass is 16.5. The van der Waals surface area contributed by atoms with Gasteiger partial charge in [-0.15, -0.1) is 0 Å². The number of likely N-dealkylation sites (tertiary alicyclic amines) is 1. The van der Waals surface area contributed by atoms with Crippen LogP contribution < -0.4 is 10.1 Å². The summed E-state index contributed by atoms with van der Waals surface area (Å²) in [6, 6.07) is 12.0. The number of ether oxygens (including phenoxy) is 1. The zero-order valence-electron chi connectivity index (χ0n) is 17.0. The average molecular weight is 398 g/mol. The van der Waals surface area contributed by atoms with Crippen molar-refractivity contribution in [1.29, 1.82) is 0 Å². The Balaban J connectivity index is 1.26. The van der Waals surface area contributed by atoms with Crippen LogP contribution in [0.4, 0.5) is 0 Å². The molecule has 1 N–H and O–H groups in total. The quantitative estimate of drug-likeness (QED) is 0.765. The Hall–Kier alpha value is -2.34. The maximum absolute atomic E-state index is 12.5. The van der Waals surface area contributed by atoms with Gasteiger partial charge >= 0.3 is 0 Å². The summed E-state index contributed by atoms with van der Waals surface area (Å²) < 4.78 is 11.2. The van der Waals surface area contributed by atoms with Gasteiger partial charge in [-0.3, -0.25) is 9.69 Å². The largest absolute Gasteiger partial charge is 0.492 e. The Morgan fingerprint density at radius 3 is 2.79 bits per heavy atom. The molecule has 1 aromatic heterocycles. The third-order valence-electron chi connectivity index (χ3n) is 6.04. The zero-order chi connectivity index (χ0) is 19.9. The number of nitrogens with one attached hydrogen (secondary N) is 1. The molecule has 1 aliphatic heterocycles. The molecule has 1 saturated carbocycles. The van der Waals surface area contributed by atoms with Crippen LogP contribution in [0.25, 0.3) is 0 Å². The van der Waals surface area contributed by atoms with E-state index in [4.69, 9.17) is 9.26 Å². The first-order valence-corrected chi connectivity index (χ1v) is 11.0. The molecule has 2 heterocycles. The molecule has 4 rings (SSSR count). The summed E-state index contributed by atoms with van der Waals surface area (Å²) >= 11 is 0. The van der Waals surface area contributed by atoms with E-state index in [1.807, 2.05) is 36.4 Å². The van der Waals surface area contributed by atoms with Crippen LogP contribution in [0.15, 0.2) is 40.9 Å². The number of piperidine rings is 1. The van der Waals surface area contributed by atoms with Crippen LogP contribution in [0, 0.1) is 0 Å². The predicted molar refractivity (Wildman–Crippen MR) is 111 cm³/mol. The Kier molecular flexibility index (Phi) is 6.83. The number of amides is 1. The molecule has 156 valence electrons. The van der Waals surface area contributed by atoms with Crippen LogP contribution in [0.5, 0.6) is 5.75 Å². The summed E-state index contributed by atoms with van der Waals surface area (Å²) in [5, 5.41) is 7.33. The van der Waals surface area contributed by atoms with Gasteiger partial charge in [0.15, 0.2) is 0 Å². The molecule has 0 radical (unpaired) electrons. The van der Waals surface area contributed by atoms with E-state index in [2.05, 4.69) is 15.4 Å². The van der Waals surface area contributed by atoms with Crippen LogP contribution in [-0.2, 0) is 0 Å². The second-order valence-corrected chi connectivity index (χ2v) is 8.23. The first-order valence-electron chi connectivity index (χ1n) is 11.0. The first-order chi connectivity index (χ1) is 14.3. The third-order valence-corrected chi connectivity index (χ3v) is 6.04. The number of rotatable bonds is 7. The highest BCUT2D eigenvalue weighted by Crippen LogP contribution is 2.27. The maximum Gasteiger partial charge on any atom is 0.290 e. The minimum atomic E-state index is -0.125. The van der Waals surface area contributed by atoms with Gasteiger partial charge in [-0.25, -0.2) is 0 Å². The third kappa shape index (κ3) is 5.60. The summed E-state index contributed by atoms with van der Waals surface area (Å²) in [6.45, 7) is 3.55. The topological polar surface area (TPSA) is 67.6 Å². The molecule has 1 amide bonds. The standard InChI is InChI=1S/C23H31N3O3/c27-23(24-19-9-3-1-4-10-19)22-16-21(25-29-22)18-8-7-13-26(17-18)14-15-28-20-11-5-2-6-12-20/h2,5-6,11-12,16,18-19H,1,3-4,7-10,13-15,17H2,(H,24,27)/t18-/m1/s1. The predicted octanol–water partition coefficient (Wildman–Crippen LogP) is 4.00. The SMILES string of the molecule is O=C(NC1CCCCC1)c1cc([C@@H]2CCCN(CCOc3ccccc3)C2)no1. The van der Waals surface area contributed by atoms with Crippen molar-refractivity contribution in [2.75, 3.05) is 26.2 Å². The number of carbonyl (C=O) groups is 1. The van der Waals surface area contributed by atoms with Crippen LogP contribution in [-0.4, -0.2) is 48.2 Å². The fraction of sp³-hybridized carbons (Fsp3) is 0.565. The smallest absolute Gasteiger partial charge is 0.290 e. The summed E-state index contributed by atoms with van der Waals surface area (Å²) in [5.41, 5.74) is 0.896. The summed E-state index contributed by atoms with van der Waals surface area (Å²) in [6.07, 6.45) is 7.98. The van der Waals surface area contributed by atoms with E-state index in [9.17, 15) is 4.79 Å². The normalized spacial score (nSPS) is 21.0. The molecule has 6 nitrogen and oxygen atoms in total. The zero-order valence-corrected chi connectivity index (χ0v) is 17.0. The van der Waals surface area contributed by atoms with Gasteiger partial charge in [0.2, 0.25) is 5.76 Å². The Labute approximate surface area is 172 Å². The number of benzene rings is 1. The monoisotopic (exact) mass is 397 g/mol. The summed E-state index contributed by atoms with van der Waals surface area (Å²) in [7, 11) is 0. The Morgan fingerprint density at radius 2 is 1.97 bits per heavy atom. The summed E-state index contributed by atoms with van der Waals surface area (Å²) in [4.78, 5) is 14.9. The van der Waals surface area contributed by atoms with Crippen molar-refractivity contribution in [3.8, 4) is 5.75 Å². The maximum atomic E-state index is 12.5. The molecule has 2 aromatic rings. The summed E-state index contributed by atoms with van der Waals surface area (Å²) in [5.74, 6) is 1.43. The van der Waals surface area contributed by atoms with Crippen molar-refractivity contribution in [3.63, 3.8) is 0 Å². The Morgan fingerprint density at radius 1 is 1.14 bits per heavy atom.